The van der Waals surface area contributed by atoms with Crippen LogP contribution in [0.3, 0.4) is 0 Å². The Labute approximate surface area is 93.3 Å². The normalized spacial score (nSPS) is 18.6. The zero-order valence-corrected chi connectivity index (χ0v) is 9.94. The van der Waals surface area contributed by atoms with Crippen LogP contribution in [0.15, 0.2) is 28.7 Å². The van der Waals surface area contributed by atoms with Crippen LogP contribution in [-0.2, 0) is 5.41 Å². The van der Waals surface area contributed by atoms with E-state index in [0.29, 0.717) is 5.41 Å². The second-order valence-corrected chi connectivity index (χ2v) is 5.12. The average molecular weight is 257 g/mol. The lowest BCUT2D eigenvalue weighted by atomic mass is 9.93. The van der Waals surface area contributed by atoms with Crippen molar-refractivity contribution in [3.05, 3.63) is 34.3 Å². The number of halogens is 1. The molecular formula is C11H13BrS. The Morgan fingerprint density at radius 2 is 1.85 bits per heavy atom. The van der Waals surface area contributed by atoms with Crippen molar-refractivity contribution in [1.29, 1.82) is 0 Å². The van der Waals surface area contributed by atoms with Gasteiger partial charge in [-0.05, 0) is 48.1 Å². The monoisotopic (exact) mass is 256 g/mol. The first-order chi connectivity index (χ1) is 6.27. The molecule has 0 bridgehead atoms. The molecule has 0 amide bonds. The van der Waals surface area contributed by atoms with Crippen LogP contribution in [0.5, 0.6) is 0 Å². The Kier molecular flexibility index (Phi) is 2.70. The molecule has 1 aromatic carbocycles. The number of thiol groups is 1. The van der Waals surface area contributed by atoms with Gasteiger partial charge in [0, 0.05) is 4.47 Å². The number of hydrogen-bond acceptors (Lipinski definition) is 1. The molecule has 1 aliphatic rings. The van der Waals surface area contributed by atoms with E-state index < -0.39 is 0 Å². The third-order valence-electron chi connectivity index (χ3n) is 2.90. The molecule has 2 rings (SSSR count). The van der Waals surface area contributed by atoms with Crippen molar-refractivity contribution in [1.82, 2.24) is 0 Å². The summed E-state index contributed by atoms with van der Waals surface area (Å²) in [6.07, 6.45) is 3.90. The molecule has 0 spiro atoms. The summed E-state index contributed by atoms with van der Waals surface area (Å²) < 4.78 is 1.16. The molecule has 0 nitrogen and oxygen atoms in total. The van der Waals surface area contributed by atoms with Crippen LogP contribution in [0, 0.1) is 0 Å². The Hall–Kier alpha value is 0.0500. The molecule has 0 aliphatic heterocycles. The molecule has 1 aromatic rings. The minimum Gasteiger partial charge on any atom is -0.179 e. The summed E-state index contributed by atoms with van der Waals surface area (Å²) in [5.74, 6) is 0.996. The predicted octanol–water partition coefficient (Wildman–Crippen LogP) is 3.80. The molecule has 13 heavy (non-hydrogen) atoms. The van der Waals surface area contributed by atoms with Crippen LogP contribution in [0.4, 0.5) is 0 Å². The average Bonchev–Trinajstić information content (AvgIpc) is 2.87. The summed E-state index contributed by atoms with van der Waals surface area (Å²) in [4.78, 5) is 0. The SMILES string of the molecule is SCCC1(c2ccc(Br)cc2)CC1. The highest BCUT2D eigenvalue weighted by atomic mass is 79.9. The van der Waals surface area contributed by atoms with Crippen molar-refractivity contribution in [3.8, 4) is 0 Å². The van der Waals surface area contributed by atoms with Gasteiger partial charge in [-0.1, -0.05) is 28.1 Å². The van der Waals surface area contributed by atoms with Gasteiger partial charge in [-0.3, -0.25) is 0 Å². The number of benzene rings is 1. The first kappa shape index (κ1) is 9.60. The molecule has 0 unspecified atom stereocenters. The van der Waals surface area contributed by atoms with Gasteiger partial charge in [-0.25, -0.2) is 0 Å². The maximum Gasteiger partial charge on any atom is 0.0175 e. The van der Waals surface area contributed by atoms with Crippen LogP contribution in [0.1, 0.15) is 24.8 Å². The number of rotatable bonds is 3. The van der Waals surface area contributed by atoms with Crippen molar-refractivity contribution in [2.24, 2.45) is 0 Å². The molecular weight excluding hydrogens is 244 g/mol. The second kappa shape index (κ2) is 3.66. The van der Waals surface area contributed by atoms with Gasteiger partial charge in [-0.2, -0.15) is 12.6 Å². The number of hydrogen-bond donors (Lipinski definition) is 1. The Balaban J connectivity index is 2.20. The molecule has 1 saturated carbocycles. The molecule has 2 heteroatoms. The van der Waals surface area contributed by atoms with E-state index in [1.54, 1.807) is 0 Å². The van der Waals surface area contributed by atoms with Gasteiger partial charge in [0.25, 0.3) is 0 Å². The molecule has 0 saturated heterocycles. The van der Waals surface area contributed by atoms with Crippen molar-refractivity contribution in [2.45, 2.75) is 24.7 Å². The summed E-state index contributed by atoms with van der Waals surface area (Å²) in [5, 5.41) is 0. The maximum absolute atomic E-state index is 4.32. The third-order valence-corrected chi connectivity index (χ3v) is 3.65. The van der Waals surface area contributed by atoms with Crippen LogP contribution in [0.25, 0.3) is 0 Å². The van der Waals surface area contributed by atoms with Crippen LogP contribution in [-0.4, -0.2) is 5.75 Å². The molecule has 0 N–H and O–H groups in total. The largest absolute Gasteiger partial charge is 0.179 e. The molecule has 0 aromatic heterocycles. The predicted molar refractivity (Wildman–Crippen MR) is 63.5 cm³/mol. The van der Waals surface area contributed by atoms with E-state index in [0.717, 1.165) is 10.2 Å². The summed E-state index contributed by atoms with van der Waals surface area (Å²) in [5.41, 5.74) is 1.98. The highest BCUT2D eigenvalue weighted by Crippen LogP contribution is 2.51. The topological polar surface area (TPSA) is 0 Å². The second-order valence-electron chi connectivity index (χ2n) is 3.76. The summed E-state index contributed by atoms with van der Waals surface area (Å²) in [7, 11) is 0. The first-order valence-corrected chi connectivity index (χ1v) is 6.06. The Morgan fingerprint density at radius 3 is 2.31 bits per heavy atom. The molecule has 0 radical (unpaired) electrons. The molecule has 1 fully saturated rings. The Morgan fingerprint density at radius 1 is 1.23 bits per heavy atom. The minimum absolute atomic E-state index is 0.489. The molecule has 0 atom stereocenters. The van der Waals surface area contributed by atoms with Crippen molar-refractivity contribution in [3.63, 3.8) is 0 Å². The zero-order valence-electron chi connectivity index (χ0n) is 7.46. The van der Waals surface area contributed by atoms with Crippen molar-refractivity contribution in [2.75, 3.05) is 5.75 Å². The van der Waals surface area contributed by atoms with Gasteiger partial charge >= 0.3 is 0 Å². The fourth-order valence-corrected chi connectivity index (χ4v) is 2.54. The van der Waals surface area contributed by atoms with E-state index in [9.17, 15) is 0 Å². The van der Waals surface area contributed by atoms with Gasteiger partial charge < -0.3 is 0 Å². The highest BCUT2D eigenvalue weighted by Gasteiger charge is 2.42. The minimum atomic E-state index is 0.489. The fourth-order valence-electron chi connectivity index (χ4n) is 1.85. The van der Waals surface area contributed by atoms with E-state index in [1.807, 2.05) is 0 Å². The van der Waals surface area contributed by atoms with Crippen LogP contribution in [0.2, 0.25) is 0 Å². The van der Waals surface area contributed by atoms with E-state index in [2.05, 4.69) is 52.8 Å². The summed E-state index contributed by atoms with van der Waals surface area (Å²) in [6.45, 7) is 0. The van der Waals surface area contributed by atoms with Crippen molar-refractivity contribution >= 4 is 28.6 Å². The quantitative estimate of drug-likeness (QED) is 0.782. The van der Waals surface area contributed by atoms with Crippen LogP contribution < -0.4 is 0 Å². The zero-order chi connectivity index (χ0) is 9.31. The highest BCUT2D eigenvalue weighted by molar-refractivity contribution is 9.10. The van der Waals surface area contributed by atoms with Gasteiger partial charge in [0.1, 0.15) is 0 Å². The third kappa shape index (κ3) is 1.94. The molecule has 1 aliphatic carbocycles. The lowest BCUT2D eigenvalue weighted by Crippen LogP contribution is -2.06. The lowest BCUT2D eigenvalue weighted by Gasteiger charge is -2.13. The first-order valence-electron chi connectivity index (χ1n) is 4.64. The molecule has 70 valence electrons. The van der Waals surface area contributed by atoms with Gasteiger partial charge in [0.05, 0.1) is 0 Å². The Bertz CT molecular complexity index is 287. The standard InChI is InChI=1S/C11H13BrS/c12-10-3-1-9(2-4-10)11(5-6-11)7-8-13/h1-4,13H,5-8H2. The van der Waals surface area contributed by atoms with E-state index in [-0.39, 0.29) is 0 Å². The van der Waals surface area contributed by atoms with Gasteiger partial charge in [0.2, 0.25) is 0 Å². The summed E-state index contributed by atoms with van der Waals surface area (Å²) >= 11 is 7.77. The maximum atomic E-state index is 4.32. The summed E-state index contributed by atoms with van der Waals surface area (Å²) in [6, 6.07) is 8.74. The van der Waals surface area contributed by atoms with E-state index in [1.165, 1.54) is 24.8 Å². The van der Waals surface area contributed by atoms with Crippen LogP contribution >= 0.6 is 28.6 Å². The lowest BCUT2D eigenvalue weighted by molar-refractivity contribution is 0.672. The smallest absolute Gasteiger partial charge is 0.0175 e. The van der Waals surface area contributed by atoms with E-state index in [4.69, 9.17) is 0 Å². The fraction of sp³-hybridized carbons (Fsp3) is 0.455. The van der Waals surface area contributed by atoms with E-state index >= 15 is 0 Å². The van der Waals surface area contributed by atoms with Gasteiger partial charge in [0.15, 0.2) is 0 Å². The molecule has 0 heterocycles. The van der Waals surface area contributed by atoms with Gasteiger partial charge in [-0.15, -0.1) is 0 Å². The van der Waals surface area contributed by atoms with Crippen molar-refractivity contribution < 1.29 is 0 Å².